The van der Waals surface area contributed by atoms with Gasteiger partial charge in [0.15, 0.2) is 0 Å². The number of imidazole rings is 1. The molecule has 2 aromatic carbocycles. The number of rotatable bonds is 4. The van der Waals surface area contributed by atoms with Crippen molar-refractivity contribution < 1.29 is 18.4 Å². The van der Waals surface area contributed by atoms with Gasteiger partial charge in [-0.3, -0.25) is 9.59 Å². The minimum absolute atomic E-state index is 0.0923. The fourth-order valence-electron chi connectivity index (χ4n) is 4.70. The number of likely N-dealkylation sites (tertiary alicyclic amines) is 1. The summed E-state index contributed by atoms with van der Waals surface area (Å²) in [5.41, 5.74) is 2.52. The Morgan fingerprint density at radius 2 is 1.74 bits per heavy atom. The lowest BCUT2D eigenvalue weighted by atomic mass is 9.95. The van der Waals surface area contributed by atoms with Gasteiger partial charge in [0.2, 0.25) is 5.91 Å². The van der Waals surface area contributed by atoms with E-state index >= 15 is 0 Å². The second-order valence-electron chi connectivity index (χ2n) is 8.95. The molecule has 176 valence electrons. The average Bonchev–Trinajstić information content (AvgIpc) is 3.29. The van der Waals surface area contributed by atoms with Crippen LogP contribution in [0.2, 0.25) is 0 Å². The first-order chi connectivity index (χ1) is 16.5. The third-order valence-electron chi connectivity index (χ3n) is 6.67. The zero-order chi connectivity index (χ0) is 23.7. The lowest BCUT2D eigenvalue weighted by Crippen LogP contribution is -2.41. The molecule has 0 bridgehead atoms. The SMILES string of the molecule is O=C(Nc1ccc(-c2cn3c(n2)CCCC3)cc1)C1CCN(C(=O)c2ccc(F)cc2F)CC1. The molecule has 1 N–H and O–H groups in total. The van der Waals surface area contributed by atoms with E-state index in [1.54, 1.807) is 0 Å². The quantitative estimate of drug-likeness (QED) is 0.611. The van der Waals surface area contributed by atoms with Crippen LogP contribution in [0.3, 0.4) is 0 Å². The predicted octanol–water partition coefficient (Wildman–Crippen LogP) is 4.66. The second kappa shape index (κ2) is 9.37. The first-order valence-corrected chi connectivity index (χ1v) is 11.7. The highest BCUT2D eigenvalue weighted by Crippen LogP contribution is 2.25. The number of hydrogen-bond acceptors (Lipinski definition) is 3. The summed E-state index contributed by atoms with van der Waals surface area (Å²) >= 11 is 0. The van der Waals surface area contributed by atoms with Gasteiger partial charge in [0.1, 0.15) is 17.5 Å². The molecule has 34 heavy (non-hydrogen) atoms. The van der Waals surface area contributed by atoms with Crippen LogP contribution in [0.5, 0.6) is 0 Å². The standard InChI is InChI=1S/C26H26F2N4O2/c27-19-6-9-21(22(28)15-19)26(34)31-13-10-18(11-14-31)25(33)29-20-7-4-17(5-8-20)23-16-32-12-2-1-3-24(32)30-23/h4-9,15-16,18H,1-3,10-14H2,(H,29,33). The van der Waals surface area contributed by atoms with E-state index < -0.39 is 17.5 Å². The Morgan fingerprint density at radius 1 is 0.971 bits per heavy atom. The molecular formula is C26H26F2N4O2. The van der Waals surface area contributed by atoms with E-state index in [-0.39, 0.29) is 17.4 Å². The Kier molecular flexibility index (Phi) is 6.13. The molecule has 0 saturated carbocycles. The van der Waals surface area contributed by atoms with Gasteiger partial charge in [-0.25, -0.2) is 13.8 Å². The third kappa shape index (κ3) is 4.58. The van der Waals surface area contributed by atoms with Crippen molar-refractivity contribution in [2.75, 3.05) is 18.4 Å². The minimum atomic E-state index is -0.871. The van der Waals surface area contributed by atoms with Crippen LogP contribution in [0.15, 0.2) is 48.7 Å². The molecule has 0 radical (unpaired) electrons. The van der Waals surface area contributed by atoms with Gasteiger partial charge in [-0.15, -0.1) is 0 Å². The first-order valence-electron chi connectivity index (χ1n) is 11.7. The van der Waals surface area contributed by atoms with Gasteiger partial charge >= 0.3 is 0 Å². The van der Waals surface area contributed by atoms with Gasteiger partial charge in [-0.2, -0.15) is 0 Å². The number of anilines is 1. The van der Waals surface area contributed by atoms with Crippen LogP contribution in [-0.4, -0.2) is 39.4 Å². The molecule has 1 fully saturated rings. The lowest BCUT2D eigenvalue weighted by Gasteiger charge is -2.31. The van der Waals surface area contributed by atoms with Crippen molar-refractivity contribution in [3.05, 3.63) is 71.7 Å². The van der Waals surface area contributed by atoms with Crippen LogP contribution in [0, 0.1) is 17.6 Å². The monoisotopic (exact) mass is 464 g/mol. The molecular weight excluding hydrogens is 438 g/mol. The summed E-state index contributed by atoms with van der Waals surface area (Å²) < 4.78 is 29.3. The molecule has 2 aliphatic rings. The van der Waals surface area contributed by atoms with Crippen LogP contribution in [0.4, 0.5) is 14.5 Å². The first kappa shape index (κ1) is 22.3. The maximum atomic E-state index is 13.9. The van der Waals surface area contributed by atoms with E-state index in [1.807, 2.05) is 24.3 Å². The number of halogens is 2. The number of amides is 2. The molecule has 1 saturated heterocycles. The van der Waals surface area contributed by atoms with Crippen LogP contribution in [-0.2, 0) is 17.8 Å². The van der Waals surface area contributed by atoms with Crippen molar-refractivity contribution in [2.45, 2.75) is 38.6 Å². The molecule has 0 spiro atoms. The van der Waals surface area contributed by atoms with Gasteiger partial charge in [-0.1, -0.05) is 12.1 Å². The molecule has 5 rings (SSSR count). The van der Waals surface area contributed by atoms with Gasteiger partial charge in [0.25, 0.3) is 5.91 Å². The Labute approximate surface area is 196 Å². The normalized spacial score (nSPS) is 16.2. The molecule has 2 amide bonds. The number of hydrogen-bond donors (Lipinski definition) is 1. The second-order valence-corrected chi connectivity index (χ2v) is 8.95. The molecule has 0 aliphatic carbocycles. The highest BCUT2D eigenvalue weighted by molar-refractivity contribution is 5.95. The van der Waals surface area contributed by atoms with Gasteiger partial charge in [-0.05, 0) is 49.9 Å². The number of nitrogens with zero attached hydrogens (tertiary/aromatic N) is 3. The van der Waals surface area contributed by atoms with Crippen molar-refractivity contribution in [3.8, 4) is 11.3 Å². The Bertz CT molecular complexity index is 1190. The highest BCUT2D eigenvalue weighted by Gasteiger charge is 2.29. The Hall–Kier alpha value is -3.55. The van der Waals surface area contributed by atoms with Crippen molar-refractivity contribution in [2.24, 2.45) is 5.92 Å². The Morgan fingerprint density at radius 3 is 2.44 bits per heavy atom. The van der Waals surface area contributed by atoms with E-state index in [0.717, 1.165) is 42.2 Å². The third-order valence-corrected chi connectivity index (χ3v) is 6.67. The number of aromatic nitrogens is 2. The highest BCUT2D eigenvalue weighted by atomic mass is 19.1. The largest absolute Gasteiger partial charge is 0.339 e. The molecule has 3 aromatic rings. The van der Waals surface area contributed by atoms with Crippen LogP contribution < -0.4 is 5.32 Å². The minimum Gasteiger partial charge on any atom is -0.339 e. The van der Waals surface area contributed by atoms with Crippen molar-refractivity contribution in [1.82, 2.24) is 14.5 Å². The van der Waals surface area contributed by atoms with Gasteiger partial charge < -0.3 is 14.8 Å². The van der Waals surface area contributed by atoms with Crippen LogP contribution in [0.1, 0.15) is 41.9 Å². The van der Waals surface area contributed by atoms with Crippen molar-refractivity contribution in [3.63, 3.8) is 0 Å². The van der Waals surface area contributed by atoms with E-state index in [4.69, 9.17) is 4.98 Å². The van der Waals surface area contributed by atoms with Gasteiger partial charge in [0.05, 0.1) is 11.3 Å². The molecule has 8 heteroatoms. The maximum Gasteiger partial charge on any atom is 0.256 e. The number of carbonyl (C=O) groups is 2. The summed E-state index contributed by atoms with van der Waals surface area (Å²) in [6.07, 6.45) is 6.44. The van der Waals surface area contributed by atoms with Gasteiger partial charge in [0, 0.05) is 55.5 Å². The molecule has 3 heterocycles. The average molecular weight is 465 g/mol. The summed E-state index contributed by atoms with van der Waals surface area (Å²) in [6.45, 7) is 1.70. The Balaban J connectivity index is 1.16. The molecule has 0 unspecified atom stereocenters. The summed E-state index contributed by atoms with van der Waals surface area (Å²) in [5, 5.41) is 2.96. The number of benzene rings is 2. The number of fused-ring (bicyclic) bond motifs is 1. The predicted molar refractivity (Wildman–Crippen MR) is 124 cm³/mol. The van der Waals surface area contributed by atoms with E-state index in [9.17, 15) is 18.4 Å². The molecule has 2 aliphatic heterocycles. The smallest absolute Gasteiger partial charge is 0.256 e. The van der Waals surface area contributed by atoms with E-state index in [0.29, 0.717) is 37.7 Å². The molecule has 0 atom stereocenters. The topological polar surface area (TPSA) is 67.2 Å². The number of carbonyl (C=O) groups excluding carboxylic acids is 2. The van der Waals surface area contributed by atoms with E-state index in [2.05, 4.69) is 16.1 Å². The summed E-state index contributed by atoms with van der Waals surface area (Å²) in [4.78, 5) is 31.6. The van der Waals surface area contributed by atoms with Crippen molar-refractivity contribution in [1.29, 1.82) is 0 Å². The fraction of sp³-hybridized carbons (Fsp3) is 0.346. The van der Waals surface area contributed by atoms with Crippen LogP contribution >= 0.6 is 0 Å². The number of piperidine rings is 1. The number of aryl methyl sites for hydroxylation is 2. The molecule has 1 aromatic heterocycles. The van der Waals surface area contributed by atoms with Crippen LogP contribution in [0.25, 0.3) is 11.3 Å². The summed E-state index contributed by atoms with van der Waals surface area (Å²) in [7, 11) is 0. The van der Waals surface area contributed by atoms with Crippen molar-refractivity contribution >= 4 is 17.5 Å². The zero-order valence-corrected chi connectivity index (χ0v) is 18.8. The summed E-state index contributed by atoms with van der Waals surface area (Å²) in [6, 6.07) is 10.6. The maximum absolute atomic E-state index is 13.9. The van der Waals surface area contributed by atoms with E-state index in [1.165, 1.54) is 17.7 Å². The lowest BCUT2D eigenvalue weighted by molar-refractivity contribution is -0.121. The zero-order valence-electron chi connectivity index (χ0n) is 18.8. The molecule has 6 nitrogen and oxygen atoms in total. The summed E-state index contributed by atoms with van der Waals surface area (Å²) in [5.74, 6) is -1.27. The fourth-order valence-corrected chi connectivity index (χ4v) is 4.70. The number of nitrogens with one attached hydrogen (secondary N) is 1.